The Hall–Kier alpha value is -2.98. The van der Waals surface area contributed by atoms with Gasteiger partial charge in [-0.15, -0.1) is 11.3 Å². The molecule has 1 aromatic carbocycles. The van der Waals surface area contributed by atoms with Crippen molar-refractivity contribution in [3.05, 3.63) is 51.4 Å². The van der Waals surface area contributed by atoms with E-state index in [4.69, 9.17) is 0 Å². The molecular formula is C23H23N3O3S. The summed E-state index contributed by atoms with van der Waals surface area (Å²) in [6.45, 7) is 3.78. The molecule has 3 amide bonds. The van der Waals surface area contributed by atoms with Crippen LogP contribution in [-0.4, -0.2) is 28.7 Å². The van der Waals surface area contributed by atoms with Crippen LogP contribution in [0.3, 0.4) is 0 Å². The Morgan fingerprint density at radius 2 is 1.83 bits per heavy atom. The van der Waals surface area contributed by atoms with Gasteiger partial charge in [0.05, 0.1) is 16.7 Å². The highest BCUT2D eigenvalue weighted by molar-refractivity contribution is 7.16. The molecule has 2 unspecified atom stereocenters. The highest BCUT2D eigenvalue weighted by Crippen LogP contribution is 2.38. The number of amides is 3. The monoisotopic (exact) mass is 421 g/mol. The first kappa shape index (κ1) is 20.3. The molecule has 1 aromatic heterocycles. The van der Waals surface area contributed by atoms with Crippen LogP contribution in [0.5, 0.6) is 0 Å². The van der Waals surface area contributed by atoms with Crippen LogP contribution in [0, 0.1) is 17.2 Å². The molecule has 0 radical (unpaired) electrons. The maximum absolute atomic E-state index is 13.4. The number of thiophene rings is 1. The second-order valence-corrected chi connectivity index (χ2v) is 8.98. The van der Waals surface area contributed by atoms with E-state index >= 15 is 0 Å². The number of aryl methyl sites for hydroxylation is 1. The van der Waals surface area contributed by atoms with Crippen LogP contribution in [-0.2, 0) is 17.6 Å². The van der Waals surface area contributed by atoms with Crippen molar-refractivity contribution in [2.24, 2.45) is 5.92 Å². The minimum Gasteiger partial charge on any atom is -0.315 e. The topological polar surface area (TPSA) is 90.3 Å². The lowest BCUT2D eigenvalue weighted by Gasteiger charge is -2.29. The Morgan fingerprint density at radius 1 is 1.20 bits per heavy atom. The molecule has 0 fully saturated rings. The maximum atomic E-state index is 13.4. The number of rotatable bonds is 5. The largest absolute Gasteiger partial charge is 0.315 e. The first-order valence-electron chi connectivity index (χ1n) is 10.3. The van der Waals surface area contributed by atoms with Gasteiger partial charge < -0.3 is 5.32 Å². The van der Waals surface area contributed by atoms with Crippen molar-refractivity contribution in [1.29, 1.82) is 5.26 Å². The molecule has 2 atom stereocenters. The number of hydrogen-bond donors (Lipinski definition) is 1. The van der Waals surface area contributed by atoms with Gasteiger partial charge >= 0.3 is 0 Å². The quantitative estimate of drug-likeness (QED) is 0.735. The van der Waals surface area contributed by atoms with E-state index in [1.54, 1.807) is 24.3 Å². The fraction of sp³-hybridized carbons (Fsp3) is 0.391. The summed E-state index contributed by atoms with van der Waals surface area (Å²) in [5.74, 6) is -1.54. The van der Waals surface area contributed by atoms with Gasteiger partial charge in [0.1, 0.15) is 17.1 Å². The molecule has 2 aliphatic rings. The van der Waals surface area contributed by atoms with Gasteiger partial charge in [-0.1, -0.05) is 32.4 Å². The first-order chi connectivity index (χ1) is 14.5. The van der Waals surface area contributed by atoms with E-state index in [1.807, 2.05) is 13.8 Å². The van der Waals surface area contributed by atoms with E-state index in [2.05, 4.69) is 11.4 Å². The molecule has 0 saturated carbocycles. The van der Waals surface area contributed by atoms with Crippen LogP contribution in [0.1, 0.15) is 69.8 Å². The molecular weight excluding hydrogens is 398 g/mol. The second-order valence-electron chi connectivity index (χ2n) is 7.87. The molecule has 2 aromatic rings. The molecule has 2 heterocycles. The highest BCUT2D eigenvalue weighted by atomic mass is 32.1. The van der Waals surface area contributed by atoms with E-state index in [0.29, 0.717) is 28.1 Å². The number of fused-ring (bicyclic) bond motifs is 2. The van der Waals surface area contributed by atoms with E-state index in [1.165, 1.54) is 11.3 Å². The third-order valence-electron chi connectivity index (χ3n) is 6.08. The zero-order valence-corrected chi connectivity index (χ0v) is 17.8. The van der Waals surface area contributed by atoms with E-state index in [-0.39, 0.29) is 5.92 Å². The summed E-state index contributed by atoms with van der Waals surface area (Å²) in [7, 11) is 0. The van der Waals surface area contributed by atoms with Crippen LogP contribution in [0.25, 0.3) is 0 Å². The van der Waals surface area contributed by atoms with Gasteiger partial charge in [0, 0.05) is 4.88 Å². The molecule has 1 N–H and O–H groups in total. The summed E-state index contributed by atoms with van der Waals surface area (Å²) in [6.07, 6.45) is 4.50. The lowest BCUT2D eigenvalue weighted by atomic mass is 9.95. The van der Waals surface area contributed by atoms with Crippen LogP contribution < -0.4 is 5.32 Å². The lowest BCUT2D eigenvalue weighted by molar-refractivity contribution is -0.121. The van der Waals surface area contributed by atoms with E-state index < -0.39 is 23.8 Å². The Kier molecular flexibility index (Phi) is 5.44. The van der Waals surface area contributed by atoms with Gasteiger partial charge in [0.25, 0.3) is 11.8 Å². The fourth-order valence-corrected chi connectivity index (χ4v) is 5.51. The van der Waals surface area contributed by atoms with Crippen molar-refractivity contribution < 1.29 is 14.4 Å². The van der Waals surface area contributed by atoms with Crippen molar-refractivity contribution >= 4 is 34.1 Å². The summed E-state index contributed by atoms with van der Waals surface area (Å²) in [4.78, 5) is 41.6. The van der Waals surface area contributed by atoms with Crippen LogP contribution in [0.4, 0.5) is 5.00 Å². The lowest BCUT2D eigenvalue weighted by Crippen LogP contribution is -2.50. The molecule has 6 nitrogen and oxygen atoms in total. The number of nitriles is 1. The molecule has 4 rings (SSSR count). The van der Waals surface area contributed by atoms with Gasteiger partial charge in [-0.25, -0.2) is 0 Å². The van der Waals surface area contributed by atoms with Crippen LogP contribution in [0.15, 0.2) is 24.3 Å². The summed E-state index contributed by atoms with van der Waals surface area (Å²) in [6, 6.07) is 7.95. The van der Waals surface area contributed by atoms with Crippen molar-refractivity contribution in [2.45, 2.75) is 52.0 Å². The zero-order valence-electron chi connectivity index (χ0n) is 17.0. The molecule has 0 bridgehead atoms. The predicted octanol–water partition coefficient (Wildman–Crippen LogP) is 4.15. The molecule has 1 aliphatic carbocycles. The van der Waals surface area contributed by atoms with Gasteiger partial charge in [0.15, 0.2) is 0 Å². The average molecular weight is 422 g/mol. The average Bonchev–Trinajstić information content (AvgIpc) is 3.23. The number of carbonyl (C=O) groups is 3. The van der Waals surface area contributed by atoms with Crippen molar-refractivity contribution in [1.82, 2.24) is 4.90 Å². The van der Waals surface area contributed by atoms with Gasteiger partial charge in [-0.3, -0.25) is 19.3 Å². The Bertz CT molecular complexity index is 1050. The molecule has 1 aliphatic heterocycles. The third-order valence-corrected chi connectivity index (χ3v) is 7.28. The number of carbonyl (C=O) groups excluding carboxylic acids is 3. The van der Waals surface area contributed by atoms with E-state index in [0.717, 1.165) is 41.0 Å². The normalized spacial score (nSPS) is 17.2. The Labute approximate surface area is 179 Å². The van der Waals surface area contributed by atoms with E-state index in [9.17, 15) is 19.6 Å². The molecule has 0 spiro atoms. The highest BCUT2D eigenvalue weighted by Gasteiger charge is 2.44. The van der Waals surface area contributed by atoms with Gasteiger partial charge in [-0.05, 0) is 49.3 Å². The number of nitrogens with one attached hydrogen (secondary N) is 1. The number of hydrogen-bond acceptors (Lipinski definition) is 5. The summed E-state index contributed by atoms with van der Waals surface area (Å²) < 4.78 is 0. The van der Waals surface area contributed by atoms with Gasteiger partial charge in [0.2, 0.25) is 5.91 Å². The maximum Gasteiger partial charge on any atom is 0.262 e. The number of benzene rings is 1. The molecule has 154 valence electrons. The summed E-state index contributed by atoms with van der Waals surface area (Å²) in [5, 5.41) is 13.1. The number of imide groups is 1. The van der Waals surface area contributed by atoms with Crippen molar-refractivity contribution in [2.75, 3.05) is 5.32 Å². The Balaban J connectivity index is 1.67. The van der Waals surface area contributed by atoms with Gasteiger partial charge in [-0.2, -0.15) is 5.26 Å². The van der Waals surface area contributed by atoms with Crippen LogP contribution >= 0.6 is 11.3 Å². The summed E-state index contributed by atoms with van der Waals surface area (Å²) in [5.41, 5.74) is 2.21. The second kappa shape index (κ2) is 8.04. The molecule has 30 heavy (non-hydrogen) atoms. The fourth-order valence-electron chi connectivity index (χ4n) is 4.27. The number of anilines is 1. The van der Waals surface area contributed by atoms with Crippen LogP contribution in [0.2, 0.25) is 0 Å². The summed E-state index contributed by atoms with van der Waals surface area (Å²) >= 11 is 1.44. The first-order valence-corrected chi connectivity index (χ1v) is 11.1. The molecule has 0 saturated heterocycles. The minimum absolute atomic E-state index is 0.229. The zero-order chi connectivity index (χ0) is 21.4. The third kappa shape index (κ3) is 3.21. The minimum atomic E-state index is -0.937. The van der Waals surface area contributed by atoms with Crippen molar-refractivity contribution in [3.8, 4) is 6.07 Å². The van der Waals surface area contributed by atoms with Crippen molar-refractivity contribution in [3.63, 3.8) is 0 Å². The standard InChI is InChI=1S/C23H23N3O3S/c1-3-13(2)19(26-22(28)15-9-4-5-10-16(15)23(26)29)20(27)25-21-17(12-24)14-8-6-7-11-18(14)30-21/h4-5,9-10,13,19H,3,6-8,11H2,1-2H3,(H,25,27). The predicted molar refractivity (Wildman–Crippen MR) is 114 cm³/mol. The smallest absolute Gasteiger partial charge is 0.262 e. The Morgan fingerprint density at radius 3 is 2.43 bits per heavy atom. The molecule has 7 heteroatoms. The number of nitrogens with zero attached hydrogens (tertiary/aromatic N) is 2. The SMILES string of the molecule is CCC(C)C(C(=O)Nc1sc2c(c1C#N)CCCC2)N1C(=O)c2ccccc2C1=O.